The quantitative estimate of drug-likeness (QED) is 0.657. The first-order valence-electron chi connectivity index (χ1n) is 6.05. The molecule has 74 valence electrons. The van der Waals surface area contributed by atoms with Gasteiger partial charge in [0.15, 0.2) is 0 Å². The molecule has 4 saturated carbocycles. The van der Waals surface area contributed by atoms with Crippen molar-refractivity contribution in [2.24, 2.45) is 35.3 Å². The number of hydrogen-bond acceptors (Lipinski definition) is 1. The fourth-order valence-corrected chi connectivity index (χ4v) is 4.53. The summed E-state index contributed by atoms with van der Waals surface area (Å²) >= 11 is 0. The summed E-state index contributed by atoms with van der Waals surface area (Å²) in [6.45, 7) is 0.959. The Hall–Kier alpha value is -0.0400. The molecule has 0 aromatic rings. The monoisotopic (exact) mass is 179 g/mol. The molecule has 2 N–H and O–H groups in total. The summed E-state index contributed by atoms with van der Waals surface area (Å²) < 4.78 is 0. The van der Waals surface area contributed by atoms with Crippen LogP contribution in [0.4, 0.5) is 0 Å². The number of hydrogen-bond donors (Lipinski definition) is 1. The van der Waals surface area contributed by atoms with Crippen LogP contribution in [-0.2, 0) is 0 Å². The third-order valence-corrected chi connectivity index (χ3v) is 4.88. The number of fused-ring (bicyclic) bond motifs is 1. The standard InChI is InChI=1S/C12H21N/c13-7-12-6-10-2-8-1-9(3-10)5-11(12)4-8/h8-12H,1-7,13H2. The third-order valence-electron chi connectivity index (χ3n) is 4.88. The van der Waals surface area contributed by atoms with Crippen LogP contribution in [-0.4, -0.2) is 6.54 Å². The van der Waals surface area contributed by atoms with Crippen molar-refractivity contribution in [2.75, 3.05) is 6.54 Å². The van der Waals surface area contributed by atoms with Crippen molar-refractivity contribution in [1.82, 2.24) is 0 Å². The molecule has 0 saturated heterocycles. The van der Waals surface area contributed by atoms with E-state index in [4.69, 9.17) is 5.73 Å². The molecule has 1 heteroatoms. The molecule has 4 bridgehead atoms. The zero-order chi connectivity index (χ0) is 8.84. The van der Waals surface area contributed by atoms with Crippen LogP contribution in [0.1, 0.15) is 38.5 Å². The molecule has 3 unspecified atom stereocenters. The molecule has 0 amide bonds. The lowest BCUT2D eigenvalue weighted by Gasteiger charge is -2.38. The van der Waals surface area contributed by atoms with Crippen molar-refractivity contribution in [3.8, 4) is 0 Å². The van der Waals surface area contributed by atoms with Gasteiger partial charge in [0.05, 0.1) is 0 Å². The molecule has 4 rings (SSSR count). The molecule has 0 heterocycles. The highest BCUT2D eigenvalue weighted by molar-refractivity contribution is 4.94. The summed E-state index contributed by atoms with van der Waals surface area (Å²) in [4.78, 5) is 0. The topological polar surface area (TPSA) is 26.0 Å². The minimum Gasteiger partial charge on any atom is -0.330 e. The minimum absolute atomic E-state index is 0.889. The molecular formula is C12H21N. The Labute approximate surface area is 81.1 Å². The van der Waals surface area contributed by atoms with Gasteiger partial charge in [0.2, 0.25) is 0 Å². The van der Waals surface area contributed by atoms with Crippen LogP contribution in [0.5, 0.6) is 0 Å². The van der Waals surface area contributed by atoms with Crippen molar-refractivity contribution in [3.63, 3.8) is 0 Å². The van der Waals surface area contributed by atoms with E-state index in [1.165, 1.54) is 19.3 Å². The fourth-order valence-electron chi connectivity index (χ4n) is 4.53. The molecule has 4 aliphatic rings. The van der Waals surface area contributed by atoms with Crippen molar-refractivity contribution in [1.29, 1.82) is 0 Å². The second-order valence-electron chi connectivity index (χ2n) is 5.77. The second-order valence-corrected chi connectivity index (χ2v) is 5.77. The minimum atomic E-state index is 0.889. The lowest BCUT2D eigenvalue weighted by atomic mass is 9.67. The maximum absolute atomic E-state index is 5.89. The molecule has 4 fully saturated rings. The van der Waals surface area contributed by atoms with Gasteiger partial charge in [-0.25, -0.2) is 0 Å². The summed E-state index contributed by atoms with van der Waals surface area (Å²) in [6, 6.07) is 0. The van der Waals surface area contributed by atoms with Crippen molar-refractivity contribution in [3.05, 3.63) is 0 Å². The largest absolute Gasteiger partial charge is 0.330 e. The lowest BCUT2D eigenvalue weighted by Crippen LogP contribution is -2.29. The normalized spacial score (nSPS) is 53.8. The maximum Gasteiger partial charge on any atom is -0.00461 e. The van der Waals surface area contributed by atoms with Crippen molar-refractivity contribution < 1.29 is 0 Å². The summed E-state index contributed by atoms with van der Waals surface area (Å²) in [5.41, 5.74) is 5.89. The summed E-state index contributed by atoms with van der Waals surface area (Å²) in [6.07, 6.45) is 9.16. The smallest absolute Gasteiger partial charge is 0.00461 e. The highest BCUT2D eigenvalue weighted by atomic mass is 14.6. The van der Waals surface area contributed by atoms with Crippen LogP contribution in [0.2, 0.25) is 0 Å². The Kier molecular flexibility index (Phi) is 1.90. The van der Waals surface area contributed by atoms with E-state index < -0.39 is 0 Å². The lowest BCUT2D eigenvalue weighted by molar-refractivity contribution is 0.126. The van der Waals surface area contributed by atoms with Gasteiger partial charge in [-0.3, -0.25) is 0 Å². The Morgan fingerprint density at radius 2 is 1.31 bits per heavy atom. The van der Waals surface area contributed by atoms with E-state index in [0.717, 1.165) is 36.1 Å². The predicted octanol–water partition coefficient (Wildman–Crippen LogP) is 2.41. The highest BCUT2D eigenvalue weighted by Crippen LogP contribution is 2.52. The average Bonchev–Trinajstić information content (AvgIpc) is 2.29. The number of rotatable bonds is 1. The van der Waals surface area contributed by atoms with Crippen LogP contribution in [0.3, 0.4) is 0 Å². The molecule has 4 aliphatic carbocycles. The van der Waals surface area contributed by atoms with Gasteiger partial charge in [-0.1, -0.05) is 0 Å². The summed E-state index contributed by atoms with van der Waals surface area (Å²) in [5.74, 6) is 5.16. The Morgan fingerprint density at radius 1 is 0.769 bits per heavy atom. The molecule has 13 heavy (non-hydrogen) atoms. The molecule has 3 atom stereocenters. The zero-order valence-electron chi connectivity index (χ0n) is 8.41. The van der Waals surface area contributed by atoms with Gasteiger partial charge in [0.1, 0.15) is 0 Å². The van der Waals surface area contributed by atoms with Gasteiger partial charge in [-0.05, 0) is 74.7 Å². The molecule has 0 aromatic heterocycles. The third kappa shape index (κ3) is 1.32. The van der Waals surface area contributed by atoms with E-state index in [-0.39, 0.29) is 0 Å². The van der Waals surface area contributed by atoms with Gasteiger partial charge in [0.25, 0.3) is 0 Å². The first-order valence-corrected chi connectivity index (χ1v) is 6.05. The van der Waals surface area contributed by atoms with E-state index in [0.29, 0.717) is 0 Å². The van der Waals surface area contributed by atoms with Crippen LogP contribution in [0.25, 0.3) is 0 Å². The Balaban J connectivity index is 1.86. The molecule has 0 aromatic carbocycles. The van der Waals surface area contributed by atoms with E-state index >= 15 is 0 Å². The average molecular weight is 179 g/mol. The van der Waals surface area contributed by atoms with Crippen LogP contribution >= 0.6 is 0 Å². The predicted molar refractivity (Wildman–Crippen MR) is 54.2 cm³/mol. The maximum atomic E-state index is 5.89. The van der Waals surface area contributed by atoms with Crippen LogP contribution < -0.4 is 5.73 Å². The van der Waals surface area contributed by atoms with E-state index in [1.54, 1.807) is 19.3 Å². The van der Waals surface area contributed by atoms with Crippen molar-refractivity contribution >= 4 is 0 Å². The van der Waals surface area contributed by atoms with Gasteiger partial charge in [-0.15, -0.1) is 0 Å². The second kappa shape index (κ2) is 2.98. The SMILES string of the molecule is NCC1CC2CC3CC(C2)CC1C3. The fraction of sp³-hybridized carbons (Fsp3) is 1.00. The molecule has 0 radical (unpaired) electrons. The number of nitrogens with two attached hydrogens (primary N) is 1. The van der Waals surface area contributed by atoms with Gasteiger partial charge in [-0.2, -0.15) is 0 Å². The van der Waals surface area contributed by atoms with Gasteiger partial charge in [0, 0.05) is 0 Å². The van der Waals surface area contributed by atoms with Gasteiger partial charge < -0.3 is 5.73 Å². The van der Waals surface area contributed by atoms with E-state index in [2.05, 4.69) is 0 Å². The van der Waals surface area contributed by atoms with Crippen LogP contribution in [0, 0.1) is 29.6 Å². The van der Waals surface area contributed by atoms with E-state index in [9.17, 15) is 0 Å². The first kappa shape index (κ1) is 8.28. The Morgan fingerprint density at radius 3 is 1.85 bits per heavy atom. The summed E-state index contributed by atoms with van der Waals surface area (Å²) in [5, 5.41) is 0. The molecule has 0 spiro atoms. The molecule has 1 nitrogen and oxygen atoms in total. The van der Waals surface area contributed by atoms with Crippen molar-refractivity contribution in [2.45, 2.75) is 38.5 Å². The highest BCUT2D eigenvalue weighted by Gasteiger charge is 2.42. The Bertz CT molecular complexity index is 187. The van der Waals surface area contributed by atoms with Gasteiger partial charge >= 0.3 is 0 Å². The summed E-state index contributed by atoms with van der Waals surface area (Å²) in [7, 11) is 0. The van der Waals surface area contributed by atoms with Crippen LogP contribution in [0.15, 0.2) is 0 Å². The van der Waals surface area contributed by atoms with E-state index in [1.807, 2.05) is 0 Å². The zero-order valence-corrected chi connectivity index (χ0v) is 8.41. The first-order chi connectivity index (χ1) is 6.35. The molecule has 0 aliphatic heterocycles. The molecular weight excluding hydrogens is 158 g/mol.